The number of thiazole rings is 1. The van der Waals surface area contributed by atoms with Crippen molar-refractivity contribution in [3.8, 4) is 0 Å². The zero-order valence-electron chi connectivity index (χ0n) is 11.1. The molecule has 0 fully saturated rings. The minimum Gasteiger partial charge on any atom is -0.325 e. The SMILES string of the molecule is Cc1csc(SCC(=O)c2cc3c(cc2Cl)NC(=O)C3)n1. The van der Waals surface area contributed by atoms with Crippen LogP contribution in [0.2, 0.25) is 5.02 Å². The largest absolute Gasteiger partial charge is 0.325 e. The van der Waals surface area contributed by atoms with E-state index in [9.17, 15) is 9.59 Å². The number of carbonyl (C=O) groups excluding carboxylic acids is 2. The maximum absolute atomic E-state index is 12.3. The summed E-state index contributed by atoms with van der Waals surface area (Å²) in [6.07, 6.45) is 0.297. The molecule has 3 rings (SSSR count). The van der Waals surface area contributed by atoms with Crippen LogP contribution in [0.4, 0.5) is 5.69 Å². The lowest BCUT2D eigenvalue weighted by Gasteiger charge is -2.06. The minimum atomic E-state index is -0.0710. The Labute approximate surface area is 134 Å². The van der Waals surface area contributed by atoms with Crippen LogP contribution in [0.5, 0.6) is 0 Å². The van der Waals surface area contributed by atoms with E-state index in [1.165, 1.54) is 23.1 Å². The van der Waals surface area contributed by atoms with Gasteiger partial charge in [0.05, 0.1) is 17.2 Å². The lowest BCUT2D eigenvalue weighted by Crippen LogP contribution is -2.04. The average molecular weight is 339 g/mol. The number of nitrogens with zero attached hydrogens (tertiary/aromatic N) is 1. The molecule has 0 aliphatic carbocycles. The highest BCUT2D eigenvalue weighted by atomic mass is 35.5. The first kappa shape index (κ1) is 14.6. The second-order valence-electron chi connectivity index (χ2n) is 4.68. The van der Waals surface area contributed by atoms with Gasteiger partial charge in [0.25, 0.3) is 0 Å². The number of aryl methyl sites for hydroxylation is 1. The number of aromatic nitrogens is 1. The second kappa shape index (κ2) is 5.79. The van der Waals surface area contributed by atoms with Crippen molar-refractivity contribution < 1.29 is 9.59 Å². The van der Waals surface area contributed by atoms with E-state index in [0.717, 1.165) is 15.6 Å². The molecule has 1 aromatic heterocycles. The van der Waals surface area contributed by atoms with E-state index in [1.807, 2.05) is 12.3 Å². The van der Waals surface area contributed by atoms with Crippen LogP contribution in [-0.2, 0) is 11.2 Å². The molecule has 7 heteroatoms. The summed E-state index contributed by atoms with van der Waals surface area (Å²) < 4.78 is 0.870. The molecular formula is C14H11ClN2O2S2. The highest BCUT2D eigenvalue weighted by Crippen LogP contribution is 2.31. The van der Waals surface area contributed by atoms with Crippen molar-refractivity contribution in [2.45, 2.75) is 17.7 Å². The van der Waals surface area contributed by atoms with Gasteiger partial charge >= 0.3 is 0 Å². The van der Waals surface area contributed by atoms with Crippen molar-refractivity contribution >= 4 is 52.1 Å². The number of hydrogen-bond acceptors (Lipinski definition) is 5. The summed E-state index contributed by atoms with van der Waals surface area (Å²) >= 11 is 9.07. The smallest absolute Gasteiger partial charge is 0.228 e. The Balaban J connectivity index is 1.76. The van der Waals surface area contributed by atoms with Crippen molar-refractivity contribution in [1.82, 2.24) is 4.98 Å². The lowest BCUT2D eigenvalue weighted by molar-refractivity contribution is -0.115. The fourth-order valence-electron chi connectivity index (χ4n) is 2.07. The number of nitrogens with one attached hydrogen (secondary N) is 1. The number of thioether (sulfide) groups is 1. The molecule has 0 saturated heterocycles. The summed E-state index contributed by atoms with van der Waals surface area (Å²) in [4.78, 5) is 28.0. The van der Waals surface area contributed by atoms with E-state index in [-0.39, 0.29) is 17.4 Å². The molecule has 1 amide bonds. The fourth-order valence-corrected chi connectivity index (χ4v) is 4.07. The highest BCUT2D eigenvalue weighted by molar-refractivity contribution is 8.01. The average Bonchev–Trinajstić information content (AvgIpc) is 2.99. The zero-order valence-corrected chi connectivity index (χ0v) is 13.5. The Morgan fingerprint density at radius 2 is 2.33 bits per heavy atom. The number of fused-ring (bicyclic) bond motifs is 1. The first-order chi connectivity index (χ1) is 10.0. The standard InChI is InChI=1S/C14H11ClN2O2S2/c1-7-5-20-14(16-7)21-6-12(18)9-2-8-3-13(19)17-11(8)4-10(9)15/h2,4-5H,3,6H2,1H3,(H,17,19). The Morgan fingerprint density at radius 1 is 1.52 bits per heavy atom. The Bertz CT molecular complexity index is 743. The predicted molar refractivity (Wildman–Crippen MR) is 85.7 cm³/mol. The van der Waals surface area contributed by atoms with Crippen LogP contribution < -0.4 is 5.32 Å². The summed E-state index contributed by atoms with van der Waals surface area (Å²) in [5.41, 5.74) is 2.94. The van der Waals surface area contributed by atoms with Gasteiger partial charge in [0.2, 0.25) is 5.91 Å². The molecule has 2 aromatic rings. The van der Waals surface area contributed by atoms with Gasteiger partial charge in [0.15, 0.2) is 10.1 Å². The predicted octanol–water partition coefficient (Wildman–Crippen LogP) is 3.57. The van der Waals surface area contributed by atoms with Gasteiger partial charge in [0, 0.05) is 22.3 Å². The van der Waals surface area contributed by atoms with Crippen molar-refractivity contribution in [1.29, 1.82) is 0 Å². The molecule has 0 atom stereocenters. The van der Waals surface area contributed by atoms with E-state index in [2.05, 4.69) is 10.3 Å². The Kier molecular flexibility index (Phi) is 4.01. The van der Waals surface area contributed by atoms with Gasteiger partial charge in [-0.1, -0.05) is 23.4 Å². The lowest BCUT2D eigenvalue weighted by atomic mass is 10.1. The van der Waals surface area contributed by atoms with Crippen LogP contribution in [-0.4, -0.2) is 22.4 Å². The third-order valence-electron chi connectivity index (χ3n) is 3.04. The van der Waals surface area contributed by atoms with Crippen LogP contribution >= 0.6 is 34.7 Å². The topological polar surface area (TPSA) is 59.1 Å². The van der Waals surface area contributed by atoms with Gasteiger partial charge in [-0.15, -0.1) is 11.3 Å². The molecule has 0 unspecified atom stereocenters. The van der Waals surface area contributed by atoms with Gasteiger partial charge in [-0.05, 0) is 24.6 Å². The first-order valence-electron chi connectivity index (χ1n) is 6.23. The highest BCUT2D eigenvalue weighted by Gasteiger charge is 2.22. The molecule has 108 valence electrons. The summed E-state index contributed by atoms with van der Waals surface area (Å²) in [5.74, 6) is 0.158. The van der Waals surface area contributed by atoms with Crippen LogP contribution in [0.3, 0.4) is 0 Å². The van der Waals surface area contributed by atoms with Crippen molar-refractivity contribution in [2.24, 2.45) is 0 Å². The number of rotatable bonds is 4. The van der Waals surface area contributed by atoms with E-state index >= 15 is 0 Å². The monoisotopic (exact) mass is 338 g/mol. The summed E-state index contributed by atoms with van der Waals surface area (Å²) in [6.45, 7) is 1.92. The number of carbonyl (C=O) groups is 2. The molecule has 0 radical (unpaired) electrons. The van der Waals surface area contributed by atoms with Gasteiger partial charge < -0.3 is 5.32 Å². The van der Waals surface area contributed by atoms with Crippen LogP contribution in [0, 0.1) is 6.92 Å². The molecule has 4 nitrogen and oxygen atoms in total. The Hall–Kier alpha value is -1.37. The van der Waals surface area contributed by atoms with Crippen molar-refractivity contribution in [2.75, 3.05) is 11.1 Å². The van der Waals surface area contributed by atoms with Crippen molar-refractivity contribution in [3.05, 3.63) is 39.4 Å². The molecule has 1 N–H and O–H groups in total. The van der Waals surface area contributed by atoms with Gasteiger partial charge in [0.1, 0.15) is 0 Å². The number of Topliss-reactive ketones (excluding diaryl/α,β-unsaturated/α-hetero) is 1. The van der Waals surface area contributed by atoms with Crippen molar-refractivity contribution in [3.63, 3.8) is 0 Å². The molecule has 1 aliphatic heterocycles. The summed E-state index contributed by atoms with van der Waals surface area (Å²) in [6, 6.07) is 3.36. The fraction of sp³-hybridized carbons (Fsp3) is 0.214. The maximum Gasteiger partial charge on any atom is 0.228 e. The summed E-state index contributed by atoms with van der Waals surface area (Å²) in [7, 11) is 0. The van der Waals surface area contributed by atoms with Crippen LogP contribution in [0.1, 0.15) is 21.6 Å². The van der Waals surface area contributed by atoms with Crippen LogP contribution in [0.25, 0.3) is 0 Å². The molecule has 0 spiro atoms. The molecular weight excluding hydrogens is 328 g/mol. The number of benzene rings is 1. The number of amides is 1. The van der Waals surface area contributed by atoms with E-state index < -0.39 is 0 Å². The molecule has 1 aromatic carbocycles. The number of hydrogen-bond donors (Lipinski definition) is 1. The Morgan fingerprint density at radius 3 is 3.05 bits per heavy atom. The molecule has 0 saturated carbocycles. The number of ketones is 1. The quantitative estimate of drug-likeness (QED) is 0.684. The zero-order chi connectivity index (χ0) is 15.0. The molecule has 1 aliphatic rings. The molecule has 21 heavy (non-hydrogen) atoms. The normalized spacial score (nSPS) is 13.1. The van der Waals surface area contributed by atoms with Gasteiger partial charge in [-0.2, -0.15) is 0 Å². The molecule has 0 bridgehead atoms. The number of anilines is 1. The summed E-state index contributed by atoms with van der Waals surface area (Å²) in [5, 5.41) is 5.04. The van der Waals surface area contributed by atoms with E-state index in [0.29, 0.717) is 22.7 Å². The second-order valence-corrected chi connectivity index (χ2v) is 7.17. The van der Waals surface area contributed by atoms with Crippen LogP contribution in [0.15, 0.2) is 21.9 Å². The first-order valence-corrected chi connectivity index (χ1v) is 8.47. The van der Waals surface area contributed by atoms with E-state index in [1.54, 1.807) is 12.1 Å². The van der Waals surface area contributed by atoms with Gasteiger partial charge in [-0.3, -0.25) is 9.59 Å². The minimum absolute atomic E-state index is 0.0556. The maximum atomic E-state index is 12.3. The third-order valence-corrected chi connectivity index (χ3v) is 5.49. The van der Waals surface area contributed by atoms with E-state index in [4.69, 9.17) is 11.6 Å². The molecule has 2 heterocycles. The number of halogens is 1. The van der Waals surface area contributed by atoms with Gasteiger partial charge in [-0.25, -0.2) is 4.98 Å². The third kappa shape index (κ3) is 3.12.